The molecule has 168 valence electrons. The summed E-state index contributed by atoms with van der Waals surface area (Å²) in [6.07, 6.45) is 2.81. The van der Waals surface area contributed by atoms with E-state index in [1.54, 1.807) is 13.2 Å². The van der Waals surface area contributed by atoms with Gasteiger partial charge in [-0.05, 0) is 42.3 Å². The Morgan fingerprint density at radius 3 is 2.53 bits per heavy atom. The van der Waals surface area contributed by atoms with E-state index in [4.69, 9.17) is 4.74 Å². The van der Waals surface area contributed by atoms with E-state index >= 15 is 0 Å². The lowest BCUT2D eigenvalue weighted by Crippen LogP contribution is -2.49. The lowest BCUT2D eigenvalue weighted by Gasteiger charge is -2.34. The zero-order chi connectivity index (χ0) is 22.5. The largest absolute Gasteiger partial charge is 0.497 e. The zero-order valence-electron chi connectivity index (χ0n) is 18.2. The minimum atomic E-state index is -0.118. The third-order valence-electron chi connectivity index (χ3n) is 5.95. The maximum Gasteiger partial charge on any atom is 0.261 e. The van der Waals surface area contributed by atoms with Crippen molar-refractivity contribution in [1.29, 1.82) is 0 Å². The molecule has 1 aliphatic heterocycles. The summed E-state index contributed by atoms with van der Waals surface area (Å²) in [5, 5.41) is 0.555. The molecule has 0 radical (unpaired) electrons. The predicted octanol–water partition coefficient (Wildman–Crippen LogP) is 2.94. The van der Waals surface area contributed by atoms with Crippen LogP contribution in [-0.4, -0.2) is 65.1 Å². The molecule has 1 aromatic heterocycles. The fraction of sp³-hybridized carbons (Fsp3) is 0.375. The third-order valence-corrected chi connectivity index (χ3v) is 6.45. The van der Waals surface area contributed by atoms with Gasteiger partial charge in [0.1, 0.15) is 5.75 Å². The quantitative estimate of drug-likeness (QED) is 0.500. The van der Waals surface area contributed by atoms with E-state index in [-0.39, 0.29) is 11.5 Å². The number of halogens is 1. The molecule has 3 aromatic rings. The Morgan fingerprint density at radius 2 is 1.81 bits per heavy atom. The highest BCUT2D eigenvalue weighted by Crippen LogP contribution is 2.15. The van der Waals surface area contributed by atoms with Crippen molar-refractivity contribution in [3.05, 3.63) is 69.2 Å². The fourth-order valence-electron chi connectivity index (χ4n) is 3.96. The van der Waals surface area contributed by atoms with Crippen molar-refractivity contribution >= 4 is 32.7 Å². The van der Waals surface area contributed by atoms with Crippen molar-refractivity contribution in [3.63, 3.8) is 0 Å². The standard InChI is InChI=1S/C24H27BrN4O3/c1-32-20-5-2-18(3-6-20)8-10-27-12-14-28(15-13-27)23(30)9-11-29-17-26-22-7-4-19(25)16-21(22)24(29)31/h2-7,16-17H,8-15H2,1H3. The highest BCUT2D eigenvalue weighted by molar-refractivity contribution is 9.10. The van der Waals surface area contributed by atoms with Gasteiger partial charge >= 0.3 is 0 Å². The van der Waals surface area contributed by atoms with Gasteiger partial charge in [-0.15, -0.1) is 0 Å². The number of carbonyl (C=O) groups is 1. The van der Waals surface area contributed by atoms with Gasteiger partial charge in [0.05, 0.1) is 24.3 Å². The van der Waals surface area contributed by atoms with Gasteiger partial charge in [-0.2, -0.15) is 0 Å². The second-order valence-corrected chi connectivity index (χ2v) is 8.89. The van der Waals surface area contributed by atoms with Crippen LogP contribution in [0.1, 0.15) is 12.0 Å². The van der Waals surface area contributed by atoms with Crippen molar-refractivity contribution in [1.82, 2.24) is 19.4 Å². The molecule has 0 aliphatic carbocycles. The van der Waals surface area contributed by atoms with E-state index in [0.29, 0.717) is 23.9 Å². The lowest BCUT2D eigenvalue weighted by atomic mass is 10.1. The molecule has 8 heteroatoms. The highest BCUT2D eigenvalue weighted by Gasteiger charge is 2.21. The van der Waals surface area contributed by atoms with Crippen LogP contribution in [-0.2, 0) is 17.8 Å². The number of amides is 1. The lowest BCUT2D eigenvalue weighted by molar-refractivity contribution is -0.133. The second kappa shape index (κ2) is 10.3. The number of benzene rings is 2. The molecule has 2 aromatic carbocycles. The first-order valence-electron chi connectivity index (χ1n) is 10.8. The van der Waals surface area contributed by atoms with Crippen LogP contribution in [0.15, 0.2) is 58.1 Å². The zero-order valence-corrected chi connectivity index (χ0v) is 19.8. The van der Waals surface area contributed by atoms with Gasteiger partial charge in [0, 0.05) is 50.2 Å². The van der Waals surface area contributed by atoms with Gasteiger partial charge in [0.25, 0.3) is 5.56 Å². The van der Waals surface area contributed by atoms with E-state index in [9.17, 15) is 9.59 Å². The van der Waals surface area contributed by atoms with Gasteiger partial charge in [-0.3, -0.25) is 19.1 Å². The molecule has 4 rings (SSSR count). The molecule has 0 atom stereocenters. The maximum absolute atomic E-state index is 12.7. The molecule has 1 saturated heterocycles. The number of nitrogens with zero attached hydrogens (tertiary/aromatic N) is 4. The van der Waals surface area contributed by atoms with Crippen LogP contribution in [0.25, 0.3) is 10.9 Å². The first-order chi connectivity index (χ1) is 15.5. The molecule has 0 spiro atoms. The summed E-state index contributed by atoms with van der Waals surface area (Å²) in [7, 11) is 1.67. The second-order valence-electron chi connectivity index (χ2n) is 7.98. The van der Waals surface area contributed by atoms with Crippen LogP contribution in [0.5, 0.6) is 5.75 Å². The van der Waals surface area contributed by atoms with Gasteiger partial charge in [-0.25, -0.2) is 4.98 Å². The van der Waals surface area contributed by atoms with Crippen LogP contribution in [0.3, 0.4) is 0 Å². The van der Waals surface area contributed by atoms with Crippen LogP contribution in [0.4, 0.5) is 0 Å². The van der Waals surface area contributed by atoms with Crippen LogP contribution >= 0.6 is 15.9 Å². The minimum Gasteiger partial charge on any atom is -0.497 e. The Hall–Kier alpha value is -2.71. The Morgan fingerprint density at radius 1 is 1.06 bits per heavy atom. The summed E-state index contributed by atoms with van der Waals surface area (Å²) < 4.78 is 7.57. The van der Waals surface area contributed by atoms with Gasteiger partial charge in [0.15, 0.2) is 0 Å². The van der Waals surface area contributed by atoms with Crippen LogP contribution < -0.4 is 10.3 Å². The average Bonchev–Trinajstić information content (AvgIpc) is 2.83. The van der Waals surface area contributed by atoms with Gasteiger partial charge in [-0.1, -0.05) is 28.1 Å². The Bertz CT molecular complexity index is 1140. The van der Waals surface area contributed by atoms with E-state index < -0.39 is 0 Å². The molecule has 0 saturated carbocycles. The number of methoxy groups -OCH3 is 1. The number of hydrogen-bond donors (Lipinski definition) is 0. The Labute approximate surface area is 195 Å². The Kier molecular flexibility index (Phi) is 7.22. The number of aryl methyl sites for hydroxylation is 1. The van der Waals surface area contributed by atoms with Crippen molar-refractivity contribution in [2.75, 3.05) is 39.8 Å². The number of hydrogen-bond acceptors (Lipinski definition) is 5. The molecule has 1 fully saturated rings. The van der Waals surface area contributed by atoms with E-state index in [0.717, 1.165) is 49.4 Å². The molecule has 0 bridgehead atoms. The van der Waals surface area contributed by atoms with E-state index in [2.05, 4.69) is 37.9 Å². The molecule has 0 unspecified atom stereocenters. The summed E-state index contributed by atoms with van der Waals surface area (Å²) in [5.41, 5.74) is 1.82. The van der Waals surface area contributed by atoms with E-state index in [1.165, 1.54) is 16.5 Å². The maximum atomic E-state index is 12.7. The van der Waals surface area contributed by atoms with Gasteiger partial charge in [0.2, 0.25) is 5.91 Å². The number of rotatable bonds is 7. The number of piperazine rings is 1. The van der Waals surface area contributed by atoms with Crippen molar-refractivity contribution in [2.24, 2.45) is 0 Å². The number of fused-ring (bicyclic) bond motifs is 1. The molecular weight excluding hydrogens is 472 g/mol. The third kappa shape index (κ3) is 5.37. The minimum absolute atomic E-state index is 0.0843. The SMILES string of the molecule is COc1ccc(CCN2CCN(C(=O)CCn3cnc4ccc(Br)cc4c3=O)CC2)cc1. The molecule has 0 N–H and O–H groups in total. The topological polar surface area (TPSA) is 67.7 Å². The molecule has 1 amide bonds. The number of aromatic nitrogens is 2. The molecule has 2 heterocycles. The summed E-state index contributed by atoms with van der Waals surface area (Å²) in [5.74, 6) is 0.955. The number of ether oxygens (including phenoxy) is 1. The molecular formula is C24H27BrN4O3. The van der Waals surface area contributed by atoms with Crippen LogP contribution in [0.2, 0.25) is 0 Å². The summed E-state index contributed by atoms with van der Waals surface area (Å²) in [4.78, 5) is 34.0. The summed E-state index contributed by atoms with van der Waals surface area (Å²) in [6.45, 7) is 4.49. The first-order valence-corrected chi connectivity index (χ1v) is 11.6. The smallest absolute Gasteiger partial charge is 0.261 e. The average molecular weight is 499 g/mol. The van der Waals surface area contributed by atoms with Crippen molar-refractivity contribution < 1.29 is 9.53 Å². The molecule has 7 nitrogen and oxygen atoms in total. The fourth-order valence-corrected chi connectivity index (χ4v) is 4.33. The Balaban J connectivity index is 1.25. The summed E-state index contributed by atoms with van der Waals surface area (Å²) in [6, 6.07) is 13.6. The number of carbonyl (C=O) groups excluding carboxylic acids is 1. The summed E-state index contributed by atoms with van der Waals surface area (Å²) >= 11 is 3.39. The first kappa shape index (κ1) is 22.5. The van der Waals surface area contributed by atoms with Gasteiger partial charge < -0.3 is 9.64 Å². The highest BCUT2D eigenvalue weighted by atomic mass is 79.9. The molecule has 32 heavy (non-hydrogen) atoms. The monoisotopic (exact) mass is 498 g/mol. The predicted molar refractivity (Wildman–Crippen MR) is 128 cm³/mol. The van der Waals surface area contributed by atoms with Crippen molar-refractivity contribution in [3.8, 4) is 5.75 Å². The van der Waals surface area contributed by atoms with E-state index in [1.807, 2.05) is 29.2 Å². The normalized spacial score (nSPS) is 14.6. The van der Waals surface area contributed by atoms with Crippen LogP contribution in [0, 0.1) is 0 Å². The van der Waals surface area contributed by atoms with Crippen molar-refractivity contribution in [2.45, 2.75) is 19.4 Å². The molecule has 1 aliphatic rings.